The van der Waals surface area contributed by atoms with Crippen LogP contribution in [0.5, 0.6) is 23.0 Å². The van der Waals surface area contributed by atoms with E-state index in [0.717, 1.165) is 11.1 Å². The van der Waals surface area contributed by atoms with Crippen molar-refractivity contribution in [3.63, 3.8) is 0 Å². The van der Waals surface area contributed by atoms with Gasteiger partial charge in [-0.25, -0.2) is 4.79 Å². The van der Waals surface area contributed by atoms with Crippen LogP contribution in [0.4, 0.5) is 0 Å². The van der Waals surface area contributed by atoms with Gasteiger partial charge in [0.15, 0.2) is 0 Å². The minimum absolute atomic E-state index is 0.445. The number of benzene rings is 4. The number of hydrogen-bond donors (Lipinski definition) is 0. The van der Waals surface area contributed by atoms with Gasteiger partial charge in [-0.1, -0.05) is 78.9 Å². The maximum absolute atomic E-state index is 14.0. The van der Waals surface area contributed by atoms with Gasteiger partial charge < -0.3 is 18.9 Å². The number of rotatable bonds is 11. The van der Waals surface area contributed by atoms with Crippen molar-refractivity contribution in [3.05, 3.63) is 120 Å². The van der Waals surface area contributed by atoms with Crippen LogP contribution < -0.4 is 18.9 Å². The highest BCUT2D eigenvalue weighted by molar-refractivity contribution is 5.82. The molecule has 0 saturated heterocycles. The second-order valence-electron chi connectivity index (χ2n) is 8.46. The Morgan fingerprint density at radius 2 is 1.11 bits per heavy atom. The molecule has 0 aliphatic rings. The Bertz CT molecular complexity index is 1210. The Balaban J connectivity index is 1.86. The minimum atomic E-state index is -0.851. The molecule has 6 heteroatoms. The molecular formula is C31H31NO5. The zero-order valence-corrected chi connectivity index (χ0v) is 21.3. The first kappa shape index (κ1) is 25.8. The summed E-state index contributed by atoms with van der Waals surface area (Å²) in [5.41, 5.74) is 2.68. The highest BCUT2D eigenvalue weighted by Gasteiger charge is 2.35. The number of nitrogens with zero attached hydrogens (tertiary/aromatic N) is 1. The van der Waals surface area contributed by atoms with Crippen LogP contribution in [0.3, 0.4) is 0 Å². The predicted octanol–water partition coefficient (Wildman–Crippen LogP) is 6.06. The van der Waals surface area contributed by atoms with Crippen molar-refractivity contribution in [2.24, 2.45) is 0 Å². The van der Waals surface area contributed by atoms with E-state index in [-0.39, 0.29) is 0 Å². The fourth-order valence-corrected chi connectivity index (χ4v) is 4.29. The first-order chi connectivity index (χ1) is 18.1. The smallest absolute Gasteiger partial charge is 0.333 e. The van der Waals surface area contributed by atoms with Crippen molar-refractivity contribution in [2.45, 2.75) is 19.1 Å². The second-order valence-corrected chi connectivity index (χ2v) is 8.46. The predicted molar refractivity (Wildman–Crippen MR) is 143 cm³/mol. The van der Waals surface area contributed by atoms with E-state index < -0.39 is 12.0 Å². The van der Waals surface area contributed by atoms with Gasteiger partial charge in [-0.2, -0.15) is 0 Å². The molecule has 1 unspecified atom stereocenters. The van der Waals surface area contributed by atoms with Gasteiger partial charge in [0.05, 0.1) is 26.9 Å². The van der Waals surface area contributed by atoms with Crippen LogP contribution >= 0.6 is 0 Å². The number of carbonyl (C=O) groups is 1. The minimum Gasteiger partial charge on any atom is -0.496 e. The lowest BCUT2D eigenvalue weighted by Crippen LogP contribution is -2.36. The van der Waals surface area contributed by atoms with Crippen LogP contribution in [0.2, 0.25) is 0 Å². The van der Waals surface area contributed by atoms with E-state index in [9.17, 15) is 4.79 Å². The summed E-state index contributed by atoms with van der Waals surface area (Å²) < 4.78 is 22.9. The van der Waals surface area contributed by atoms with Crippen molar-refractivity contribution in [2.75, 3.05) is 21.3 Å². The topological polar surface area (TPSA) is 57.2 Å². The second kappa shape index (κ2) is 12.6. The summed E-state index contributed by atoms with van der Waals surface area (Å²) in [5, 5.41) is 0. The third-order valence-electron chi connectivity index (χ3n) is 6.03. The lowest BCUT2D eigenvalue weighted by molar-refractivity contribution is -0.141. The molecule has 0 heterocycles. The standard InChI is InChI=1S/C31H31NO5/c1-34-26-19-27(35-2)29(28(20-26)36-3)30(31(33)37-25-17-11-6-12-18-25)32(21-23-13-7-4-8-14-23)22-24-15-9-5-10-16-24/h4-20,30H,21-22H2,1-3H3. The molecule has 1 atom stereocenters. The summed E-state index contributed by atoms with van der Waals surface area (Å²) in [7, 11) is 4.71. The molecule has 0 saturated carbocycles. The zero-order valence-electron chi connectivity index (χ0n) is 21.3. The summed E-state index contributed by atoms with van der Waals surface area (Å²) in [6.07, 6.45) is 0. The molecule has 4 rings (SSSR count). The van der Waals surface area contributed by atoms with Crippen molar-refractivity contribution in [1.29, 1.82) is 0 Å². The van der Waals surface area contributed by atoms with E-state index in [4.69, 9.17) is 18.9 Å². The molecule has 0 spiro atoms. The lowest BCUT2D eigenvalue weighted by Gasteiger charge is -2.32. The van der Waals surface area contributed by atoms with Crippen LogP contribution in [0.15, 0.2) is 103 Å². The van der Waals surface area contributed by atoms with Crippen molar-refractivity contribution in [1.82, 2.24) is 4.90 Å². The molecular weight excluding hydrogens is 466 g/mol. The molecule has 0 aromatic heterocycles. The molecule has 0 bridgehead atoms. The Hall–Kier alpha value is -4.29. The summed E-state index contributed by atoms with van der Waals surface area (Å²) >= 11 is 0. The number of carbonyl (C=O) groups excluding carboxylic acids is 1. The highest BCUT2D eigenvalue weighted by Crippen LogP contribution is 2.42. The van der Waals surface area contributed by atoms with Gasteiger partial charge in [-0.15, -0.1) is 0 Å². The first-order valence-corrected chi connectivity index (χ1v) is 12.0. The van der Waals surface area contributed by atoms with E-state index in [0.29, 0.717) is 41.7 Å². The van der Waals surface area contributed by atoms with Gasteiger partial charge in [0, 0.05) is 25.2 Å². The third-order valence-corrected chi connectivity index (χ3v) is 6.03. The molecule has 0 aliphatic heterocycles. The normalized spacial score (nSPS) is 11.6. The van der Waals surface area contributed by atoms with Crippen LogP contribution in [0.1, 0.15) is 22.7 Å². The summed E-state index contributed by atoms with van der Waals surface area (Å²) in [5.74, 6) is 1.52. The van der Waals surface area contributed by atoms with Gasteiger partial charge in [0.25, 0.3) is 0 Å². The fourth-order valence-electron chi connectivity index (χ4n) is 4.29. The molecule has 37 heavy (non-hydrogen) atoms. The van der Waals surface area contributed by atoms with Crippen LogP contribution in [-0.4, -0.2) is 32.2 Å². The van der Waals surface area contributed by atoms with Crippen molar-refractivity contribution >= 4 is 5.97 Å². The van der Waals surface area contributed by atoms with E-state index in [1.165, 1.54) is 0 Å². The van der Waals surface area contributed by atoms with Gasteiger partial charge in [0.1, 0.15) is 29.0 Å². The maximum atomic E-state index is 14.0. The number of hydrogen-bond acceptors (Lipinski definition) is 6. The largest absolute Gasteiger partial charge is 0.496 e. The molecule has 190 valence electrons. The highest BCUT2D eigenvalue weighted by atomic mass is 16.5. The van der Waals surface area contributed by atoms with Crippen LogP contribution in [0, 0.1) is 0 Å². The van der Waals surface area contributed by atoms with Gasteiger partial charge in [-0.05, 0) is 23.3 Å². The lowest BCUT2D eigenvalue weighted by atomic mass is 10.00. The van der Waals surface area contributed by atoms with Gasteiger partial charge in [-0.3, -0.25) is 4.90 Å². The quantitative estimate of drug-likeness (QED) is 0.185. The van der Waals surface area contributed by atoms with Crippen molar-refractivity contribution < 1.29 is 23.7 Å². The number of ether oxygens (including phenoxy) is 4. The average Bonchev–Trinajstić information content (AvgIpc) is 2.94. The summed E-state index contributed by atoms with van der Waals surface area (Å²) in [6, 6.07) is 31.8. The van der Waals surface area contributed by atoms with Gasteiger partial charge in [0.2, 0.25) is 0 Å². The first-order valence-electron chi connectivity index (χ1n) is 12.0. The molecule has 0 aliphatic carbocycles. The number of methoxy groups -OCH3 is 3. The van der Waals surface area contributed by atoms with Gasteiger partial charge >= 0.3 is 5.97 Å². The molecule has 0 fully saturated rings. The van der Waals surface area contributed by atoms with Crippen LogP contribution in [0.25, 0.3) is 0 Å². The molecule has 0 amide bonds. The SMILES string of the molecule is COc1cc(OC)c(C(C(=O)Oc2ccccc2)N(Cc2ccccc2)Cc2ccccc2)c(OC)c1. The number of esters is 1. The summed E-state index contributed by atoms with van der Waals surface area (Å²) in [6.45, 7) is 0.977. The number of para-hydroxylation sites is 1. The fraction of sp³-hybridized carbons (Fsp3) is 0.194. The maximum Gasteiger partial charge on any atom is 0.333 e. The molecule has 6 nitrogen and oxygen atoms in total. The molecule has 0 N–H and O–H groups in total. The van der Waals surface area contributed by atoms with E-state index in [1.54, 1.807) is 45.6 Å². The average molecular weight is 498 g/mol. The van der Waals surface area contributed by atoms with E-state index in [2.05, 4.69) is 4.90 Å². The van der Waals surface area contributed by atoms with Crippen LogP contribution in [-0.2, 0) is 17.9 Å². The van der Waals surface area contributed by atoms with E-state index >= 15 is 0 Å². The third kappa shape index (κ3) is 6.48. The Kier molecular flexibility index (Phi) is 8.79. The van der Waals surface area contributed by atoms with E-state index in [1.807, 2.05) is 78.9 Å². The molecule has 4 aromatic carbocycles. The molecule has 0 radical (unpaired) electrons. The zero-order chi connectivity index (χ0) is 26.0. The summed E-state index contributed by atoms with van der Waals surface area (Å²) in [4.78, 5) is 16.1. The Labute approximate surface area is 218 Å². The monoisotopic (exact) mass is 497 g/mol. The Morgan fingerprint density at radius 3 is 1.54 bits per heavy atom. The molecule has 4 aromatic rings. The Morgan fingerprint density at radius 1 is 0.649 bits per heavy atom. The van der Waals surface area contributed by atoms with Crippen molar-refractivity contribution in [3.8, 4) is 23.0 Å².